The maximum absolute atomic E-state index is 9.19. The molecule has 1 aromatic carbocycles. The molecule has 0 atom stereocenters. The van der Waals surface area contributed by atoms with Gasteiger partial charge >= 0.3 is 0 Å². The molecule has 0 radical (unpaired) electrons. The van der Waals surface area contributed by atoms with E-state index in [1.54, 1.807) is 7.11 Å². The summed E-state index contributed by atoms with van der Waals surface area (Å²) >= 11 is 0. The standard InChI is InChI=1S/C14H14N2O/c1-9(2)12-7-10(8-15)11-5-4-6-13(17-3)14(11)16-12/h4-7,9H,1-3H3. The highest BCUT2D eigenvalue weighted by atomic mass is 16.5. The third-order valence-corrected chi connectivity index (χ3v) is 2.75. The Balaban J connectivity index is 2.84. The number of para-hydroxylation sites is 1. The van der Waals surface area contributed by atoms with Crippen molar-refractivity contribution in [1.29, 1.82) is 5.26 Å². The summed E-state index contributed by atoms with van der Waals surface area (Å²) in [6, 6.07) is 9.71. The number of benzene rings is 1. The second kappa shape index (κ2) is 4.42. The molecular weight excluding hydrogens is 212 g/mol. The Hall–Kier alpha value is -2.08. The minimum Gasteiger partial charge on any atom is -0.494 e. The topological polar surface area (TPSA) is 45.9 Å². The van der Waals surface area contributed by atoms with Gasteiger partial charge in [-0.25, -0.2) is 4.98 Å². The zero-order valence-electron chi connectivity index (χ0n) is 10.2. The first-order chi connectivity index (χ1) is 8.17. The van der Waals surface area contributed by atoms with Gasteiger partial charge < -0.3 is 4.74 Å². The number of fused-ring (bicyclic) bond motifs is 1. The lowest BCUT2D eigenvalue weighted by atomic mass is 10.0. The van der Waals surface area contributed by atoms with Crippen molar-refractivity contribution in [3.05, 3.63) is 35.5 Å². The Morgan fingerprint density at radius 1 is 1.35 bits per heavy atom. The summed E-state index contributed by atoms with van der Waals surface area (Å²) in [5, 5.41) is 10.0. The lowest BCUT2D eigenvalue weighted by Crippen LogP contribution is -1.97. The number of ether oxygens (including phenoxy) is 1. The molecule has 0 spiro atoms. The van der Waals surface area contributed by atoms with Gasteiger partial charge in [-0.3, -0.25) is 0 Å². The molecule has 0 fully saturated rings. The summed E-state index contributed by atoms with van der Waals surface area (Å²) in [6.45, 7) is 4.12. The first-order valence-electron chi connectivity index (χ1n) is 5.55. The van der Waals surface area contributed by atoms with Gasteiger partial charge in [0.1, 0.15) is 11.3 Å². The van der Waals surface area contributed by atoms with E-state index in [-0.39, 0.29) is 5.92 Å². The Bertz CT molecular complexity index is 597. The van der Waals surface area contributed by atoms with Crippen molar-refractivity contribution in [2.75, 3.05) is 7.11 Å². The van der Waals surface area contributed by atoms with Crippen LogP contribution in [-0.2, 0) is 0 Å². The minimum absolute atomic E-state index is 0.288. The fourth-order valence-corrected chi connectivity index (χ4v) is 1.79. The van der Waals surface area contributed by atoms with Crippen LogP contribution in [0.4, 0.5) is 0 Å². The van der Waals surface area contributed by atoms with Gasteiger partial charge in [-0.15, -0.1) is 0 Å². The zero-order valence-corrected chi connectivity index (χ0v) is 10.2. The van der Waals surface area contributed by atoms with Crippen molar-refractivity contribution < 1.29 is 4.74 Å². The van der Waals surface area contributed by atoms with E-state index in [2.05, 4.69) is 24.9 Å². The lowest BCUT2D eigenvalue weighted by Gasteiger charge is -2.10. The fourth-order valence-electron chi connectivity index (χ4n) is 1.79. The summed E-state index contributed by atoms with van der Waals surface area (Å²) < 4.78 is 5.29. The van der Waals surface area contributed by atoms with Gasteiger partial charge in [0.25, 0.3) is 0 Å². The first kappa shape index (κ1) is 11.4. The van der Waals surface area contributed by atoms with Crippen LogP contribution >= 0.6 is 0 Å². The summed E-state index contributed by atoms with van der Waals surface area (Å²) in [6.07, 6.45) is 0. The van der Waals surface area contributed by atoms with E-state index >= 15 is 0 Å². The molecule has 3 nitrogen and oxygen atoms in total. The first-order valence-corrected chi connectivity index (χ1v) is 5.55. The number of hydrogen-bond donors (Lipinski definition) is 0. The Morgan fingerprint density at radius 3 is 2.71 bits per heavy atom. The van der Waals surface area contributed by atoms with E-state index in [0.29, 0.717) is 11.3 Å². The average Bonchev–Trinajstić information content (AvgIpc) is 2.36. The molecule has 0 unspecified atom stereocenters. The number of nitrogens with zero attached hydrogens (tertiary/aromatic N) is 2. The van der Waals surface area contributed by atoms with Crippen molar-refractivity contribution >= 4 is 10.9 Å². The van der Waals surface area contributed by atoms with Crippen LogP contribution in [0.15, 0.2) is 24.3 Å². The molecule has 0 saturated heterocycles. The molecule has 0 aliphatic heterocycles. The summed E-state index contributed by atoms with van der Waals surface area (Å²) in [4.78, 5) is 4.58. The van der Waals surface area contributed by atoms with E-state index in [1.807, 2.05) is 24.3 Å². The Labute approximate surface area is 101 Å². The molecule has 0 amide bonds. The van der Waals surface area contributed by atoms with Crippen LogP contribution in [0.3, 0.4) is 0 Å². The number of pyridine rings is 1. The minimum atomic E-state index is 0.288. The Kier molecular flexibility index (Phi) is 2.97. The van der Waals surface area contributed by atoms with Crippen molar-refractivity contribution in [3.8, 4) is 11.8 Å². The second-order valence-corrected chi connectivity index (χ2v) is 4.22. The molecule has 86 valence electrons. The van der Waals surface area contributed by atoms with E-state index in [4.69, 9.17) is 4.74 Å². The third kappa shape index (κ3) is 1.94. The molecule has 1 heterocycles. The maximum atomic E-state index is 9.19. The van der Waals surface area contributed by atoms with Gasteiger partial charge in [0.05, 0.1) is 18.7 Å². The molecule has 0 N–H and O–H groups in total. The van der Waals surface area contributed by atoms with Crippen LogP contribution in [0.2, 0.25) is 0 Å². The van der Waals surface area contributed by atoms with E-state index in [1.165, 1.54) is 0 Å². The highest BCUT2D eigenvalue weighted by Gasteiger charge is 2.11. The van der Waals surface area contributed by atoms with Gasteiger partial charge in [0.15, 0.2) is 0 Å². The average molecular weight is 226 g/mol. The molecule has 0 aliphatic rings. The van der Waals surface area contributed by atoms with Gasteiger partial charge in [-0.1, -0.05) is 26.0 Å². The molecule has 0 saturated carbocycles. The summed E-state index contributed by atoms with van der Waals surface area (Å²) in [5.74, 6) is 0.998. The maximum Gasteiger partial charge on any atom is 0.145 e. The third-order valence-electron chi connectivity index (χ3n) is 2.75. The fraction of sp³-hybridized carbons (Fsp3) is 0.286. The highest BCUT2D eigenvalue weighted by molar-refractivity contribution is 5.89. The number of nitriles is 1. The van der Waals surface area contributed by atoms with E-state index < -0.39 is 0 Å². The van der Waals surface area contributed by atoms with E-state index in [9.17, 15) is 5.26 Å². The van der Waals surface area contributed by atoms with Crippen LogP contribution in [0, 0.1) is 11.3 Å². The lowest BCUT2D eigenvalue weighted by molar-refractivity contribution is 0.418. The molecule has 2 rings (SSSR count). The SMILES string of the molecule is COc1cccc2c(C#N)cc(C(C)C)nc12. The monoisotopic (exact) mass is 226 g/mol. The van der Waals surface area contributed by atoms with Gasteiger partial charge in [-0.2, -0.15) is 5.26 Å². The quantitative estimate of drug-likeness (QED) is 0.789. The van der Waals surface area contributed by atoms with Gasteiger partial charge in [0.2, 0.25) is 0 Å². The number of hydrogen-bond acceptors (Lipinski definition) is 3. The van der Waals surface area contributed by atoms with Gasteiger partial charge in [0, 0.05) is 11.1 Å². The number of rotatable bonds is 2. The molecule has 17 heavy (non-hydrogen) atoms. The summed E-state index contributed by atoms with van der Waals surface area (Å²) in [7, 11) is 1.62. The van der Waals surface area contributed by atoms with Crippen LogP contribution in [0.1, 0.15) is 31.0 Å². The van der Waals surface area contributed by atoms with Crippen molar-refractivity contribution in [3.63, 3.8) is 0 Å². The summed E-state index contributed by atoms with van der Waals surface area (Å²) in [5.41, 5.74) is 2.33. The van der Waals surface area contributed by atoms with Crippen LogP contribution in [0.5, 0.6) is 5.75 Å². The predicted octanol–water partition coefficient (Wildman–Crippen LogP) is 3.24. The number of aromatic nitrogens is 1. The molecule has 1 aromatic heterocycles. The highest BCUT2D eigenvalue weighted by Crippen LogP contribution is 2.28. The molecule has 0 aliphatic carbocycles. The molecule has 3 heteroatoms. The van der Waals surface area contributed by atoms with Crippen LogP contribution in [-0.4, -0.2) is 12.1 Å². The zero-order chi connectivity index (χ0) is 12.4. The van der Waals surface area contributed by atoms with Crippen molar-refractivity contribution in [2.24, 2.45) is 0 Å². The van der Waals surface area contributed by atoms with Gasteiger partial charge in [-0.05, 0) is 18.1 Å². The number of methoxy groups -OCH3 is 1. The molecule has 0 bridgehead atoms. The van der Waals surface area contributed by atoms with Crippen molar-refractivity contribution in [1.82, 2.24) is 4.98 Å². The molecule has 2 aromatic rings. The Morgan fingerprint density at radius 2 is 2.12 bits per heavy atom. The normalized spacial score (nSPS) is 10.5. The van der Waals surface area contributed by atoms with E-state index in [0.717, 1.165) is 16.6 Å². The second-order valence-electron chi connectivity index (χ2n) is 4.22. The molecular formula is C14H14N2O. The largest absolute Gasteiger partial charge is 0.494 e. The van der Waals surface area contributed by atoms with Crippen molar-refractivity contribution in [2.45, 2.75) is 19.8 Å². The predicted molar refractivity (Wildman–Crippen MR) is 67.1 cm³/mol. The van der Waals surface area contributed by atoms with Crippen LogP contribution in [0.25, 0.3) is 10.9 Å². The smallest absolute Gasteiger partial charge is 0.145 e. The van der Waals surface area contributed by atoms with Crippen LogP contribution < -0.4 is 4.74 Å².